The number of nitrogens with one attached hydrogen (secondary N) is 1. The second-order valence-corrected chi connectivity index (χ2v) is 3.45. The standard InChI is InChI=1S/C12H17NO5/c1-16-9-5-11(18-3)10(17-2)4-8(9)6-13-12(15)7-14/h4-5,14H,6-7H2,1-3H3,(H,13,15). The third-order valence-corrected chi connectivity index (χ3v) is 2.41. The van der Waals surface area contributed by atoms with Crippen LogP contribution in [0.25, 0.3) is 0 Å². The van der Waals surface area contributed by atoms with Gasteiger partial charge in [0, 0.05) is 18.2 Å². The van der Waals surface area contributed by atoms with Crippen LogP contribution >= 0.6 is 0 Å². The summed E-state index contributed by atoms with van der Waals surface area (Å²) in [6.45, 7) is -0.307. The fourth-order valence-electron chi connectivity index (χ4n) is 1.48. The molecule has 0 heterocycles. The predicted octanol–water partition coefficient (Wildman–Crippen LogP) is 0.321. The summed E-state index contributed by atoms with van der Waals surface area (Å²) in [5, 5.41) is 11.2. The Bertz CT molecular complexity index is 419. The van der Waals surface area contributed by atoms with E-state index in [4.69, 9.17) is 19.3 Å². The quantitative estimate of drug-likeness (QED) is 0.765. The monoisotopic (exact) mass is 255 g/mol. The van der Waals surface area contributed by atoms with Crippen LogP contribution in [0, 0.1) is 0 Å². The molecule has 0 radical (unpaired) electrons. The average Bonchev–Trinajstić information content (AvgIpc) is 2.43. The molecular weight excluding hydrogens is 238 g/mol. The van der Waals surface area contributed by atoms with Gasteiger partial charge >= 0.3 is 0 Å². The van der Waals surface area contributed by atoms with Crippen LogP contribution in [0.2, 0.25) is 0 Å². The van der Waals surface area contributed by atoms with Crippen LogP contribution in [0.1, 0.15) is 5.56 Å². The van der Waals surface area contributed by atoms with E-state index in [2.05, 4.69) is 5.32 Å². The SMILES string of the molecule is COc1cc(OC)c(OC)cc1CNC(=O)CO. The molecular formula is C12H17NO5. The predicted molar refractivity (Wildman–Crippen MR) is 65.0 cm³/mol. The van der Waals surface area contributed by atoms with E-state index in [1.807, 2.05) is 0 Å². The second-order valence-electron chi connectivity index (χ2n) is 3.45. The molecule has 100 valence electrons. The molecule has 0 atom stereocenters. The number of rotatable bonds is 6. The van der Waals surface area contributed by atoms with Crippen molar-refractivity contribution in [3.8, 4) is 17.2 Å². The number of hydrogen-bond donors (Lipinski definition) is 2. The molecule has 1 rings (SSSR count). The van der Waals surface area contributed by atoms with Crippen LogP contribution in [0.4, 0.5) is 0 Å². The van der Waals surface area contributed by atoms with Gasteiger partial charge in [0.15, 0.2) is 11.5 Å². The number of hydrogen-bond acceptors (Lipinski definition) is 5. The molecule has 6 nitrogen and oxygen atoms in total. The van der Waals surface area contributed by atoms with Crippen molar-refractivity contribution >= 4 is 5.91 Å². The number of carbonyl (C=O) groups is 1. The van der Waals surface area contributed by atoms with Gasteiger partial charge in [-0.2, -0.15) is 0 Å². The minimum atomic E-state index is -0.546. The zero-order valence-electron chi connectivity index (χ0n) is 10.6. The van der Waals surface area contributed by atoms with Gasteiger partial charge in [-0.1, -0.05) is 0 Å². The smallest absolute Gasteiger partial charge is 0.245 e. The maximum Gasteiger partial charge on any atom is 0.245 e. The van der Waals surface area contributed by atoms with Gasteiger partial charge in [-0.3, -0.25) is 4.79 Å². The van der Waals surface area contributed by atoms with E-state index in [9.17, 15) is 4.79 Å². The van der Waals surface area contributed by atoms with Crippen LogP contribution in [0.5, 0.6) is 17.2 Å². The number of aliphatic hydroxyl groups is 1. The number of ether oxygens (including phenoxy) is 3. The largest absolute Gasteiger partial charge is 0.496 e. The lowest BCUT2D eigenvalue weighted by atomic mass is 10.1. The molecule has 0 spiro atoms. The number of aliphatic hydroxyl groups excluding tert-OH is 1. The van der Waals surface area contributed by atoms with Gasteiger partial charge in [0.25, 0.3) is 0 Å². The van der Waals surface area contributed by atoms with Gasteiger partial charge in [0.1, 0.15) is 12.4 Å². The Morgan fingerprint density at radius 1 is 1.11 bits per heavy atom. The highest BCUT2D eigenvalue weighted by Crippen LogP contribution is 2.34. The average molecular weight is 255 g/mol. The lowest BCUT2D eigenvalue weighted by molar-refractivity contribution is -0.123. The van der Waals surface area contributed by atoms with Crippen molar-refractivity contribution in [1.29, 1.82) is 0 Å². The van der Waals surface area contributed by atoms with Crippen LogP contribution in [0.3, 0.4) is 0 Å². The molecule has 18 heavy (non-hydrogen) atoms. The normalized spacial score (nSPS) is 9.78. The first kappa shape index (κ1) is 14.1. The summed E-state index contributed by atoms with van der Waals surface area (Å²) in [7, 11) is 4.59. The lowest BCUT2D eigenvalue weighted by Crippen LogP contribution is -2.25. The highest BCUT2D eigenvalue weighted by Gasteiger charge is 2.12. The Kier molecular flexibility index (Phi) is 5.26. The van der Waals surface area contributed by atoms with Crippen molar-refractivity contribution in [3.63, 3.8) is 0 Å². The maximum absolute atomic E-state index is 11.0. The van der Waals surface area contributed by atoms with E-state index in [0.717, 1.165) is 5.56 Å². The van der Waals surface area contributed by atoms with Crippen LogP contribution in [-0.4, -0.2) is 38.9 Å². The molecule has 0 saturated carbocycles. The Morgan fingerprint density at radius 3 is 2.17 bits per heavy atom. The highest BCUT2D eigenvalue weighted by atomic mass is 16.5. The van der Waals surface area contributed by atoms with Crippen molar-refractivity contribution in [2.75, 3.05) is 27.9 Å². The Hall–Kier alpha value is -1.95. The van der Waals surface area contributed by atoms with Gasteiger partial charge in [-0.05, 0) is 6.07 Å². The summed E-state index contributed by atoms with van der Waals surface area (Å²) in [5.41, 5.74) is 0.733. The number of amides is 1. The maximum atomic E-state index is 11.0. The van der Waals surface area contributed by atoms with E-state index >= 15 is 0 Å². The third-order valence-electron chi connectivity index (χ3n) is 2.41. The fraction of sp³-hybridized carbons (Fsp3) is 0.417. The van der Waals surface area contributed by atoms with E-state index in [1.54, 1.807) is 12.1 Å². The highest BCUT2D eigenvalue weighted by molar-refractivity contribution is 5.77. The first-order chi connectivity index (χ1) is 8.65. The van der Waals surface area contributed by atoms with Gasteiger partial charge in [0.05, 0.1) is 21.3 Å². The van der Waals surface area contributed by atoms with Crippen LogP contribution in [0.15, 0.2) is 12.1 Å². The topological polar surface area (TPSA) is 77.0 Å². The van der Waals surface area contributed by atoms with E-state index < -0.39 is 12.5 Å². The molecule has 0 unspecified atom stereocenters. The molecule has 0 saturated heterocycles. The Balaban J connectivity index is 2.98. The molecule has 1 amide bonds. The third kappa shape index (κ3) is 3.27. The van der Waals surface area contributed by atoms with Gasteiger partial charge < -0.3 is 24.6 Å². The summed E-state index contributed by atoms with van der Waals surface area (Å²) in [4.78, 5) is 11.0. The molecule has 0 aliphatic heterocycles. The fourth-order valence-corrected chi connectivity index (χ4v) is 1.48. The molecule has 2 N–H and O–H groups in total. The molecule has 6 heteroatoms. The summed E-state index contributed by atoms with van der Waals surface area (Å²) in [6, 6.07) is 3.40. The summed E-state index contributed by atoms with van der Waals surface area (Å²) < 4.78 is 15.5. The van der Waals surface area contributed by atoms with Crippen molar-refractivity contribution in [2.24, 2.45) is 0 Å². The van der Waals surface area contributed by atoms with Crippen molar-refractivity contribution < 1.29 is 24.1 Å². The first-order valence-electron chi connectivity index (χ1n) is 5.32. The van der Waals surface area contributed by atoms with Gasteiger partial charge in [-0.15, -0.1) is 0 Å². The number of carbonyl (C=O) groups excluding carboxylic acids is 1. The number of benzene rings is 1. The van der Waals surface area contributed by atoms with E-state index in [1.165, 1.54) is 21.3 Å². The number of methoxy groups -OCH3 is 3. The summed E-state index contributed by atoms with van der Waals surface area (Å²) in [6.07, 6.45) is 0. The summed E-state index contributed by atoms with van der Waals surface area (Å²) in [5.74, 6) is 1.22. The molecule has 1 aromatic carbocycles. The zero-order valence-corrected chi connectivity index (χ0v) is 10.6. The molecule has 0 aliphatic carbocycles. The van der Waals surface area contributed by atoms with Gasteiger partial charge in [-0.25, -0.2) is 0 Å². The minimum Gasteiger partial charge on any atom is -0.496 e. The van der Waals surface area contributed by atoms with Crippen LogP contribution in [-0.2, 0) is 11.3 Å². The van der Waals surface area contributed by atoms with E-state index in [0.29, 0.717) is 17.2 Å². The van der Waals surface area contributed by atoms with Crippen molar-refractivity contribution in [3.05, 3.63) is 17.7 Å². The van der Waals surface area contributed by atoms with Crippen molar-refractivity contribution in [1.82, 2.24) is 5.32 Å². The molecule has 0 fully saturated rings. The Morgan fingerprint density at radius 2 is 1.67 bits per heavy atom. The van der Waals surface area contributed by atoms with Crippen molar-refractivity contribution in [2.45, 2.75) is 6.54 Å². The van der Waals surface area contributed by atoms with Gasteiger partial charge in [0.2, 0.25) is 5.91 Å². The van der Waals surface area contributed by atoms with Crippen LogP contribution < -0.4 is 19.5 Å². The van der Waals surface area contributed by atoms with E-state index in [-0.39, 0.29) is 6.54 Å². The zero-order chi connectivity index (χ0) is 13.5. The molecule has 1 aromatic rings. The molecule has 0 aromatic heterocycles. The summed E-state index contributed by atoms with van der Waals surface area (Å²) >= 11 is 0. The Labute approximate surface area is 105 Å². The molecule has 0 aliphatic rings. The first-order valence-corrected chi connectivity index (χ1v) is 5.32. The molecule has 0 bridgehead atoms. The second kappa shape index (κ2) is 6.70. The minimum absolute atomic E-state index is 0.239. The lowest BCUT2D eigenvalue weighted by Gasteiger charge is -2.14.